The summed E-state index contributed by atoms with van der Waals surface area (Å²) in [5.41, 5.74) is 3.54. The number of hydrogen-bond donors (Lipinski definition) is 0. The van der Waals surface area contributed by atoms with Crippen LogP contribution in [-0.4, -0.2) is 19.4 Å². The van der Waals surface area contributed by atoms with Crippen LogP contribution in [0.15, 0.2) is 77.8 Å². The zero-order chi connectivity index (χ0) is 23.7. The lowest BCUT2D eigenvalue weighted by Gasteiger charge is -2.35. The van der Waals surface area contributed by atoms with E-state index in [0.29, 0.717) is 17.9 Å². The van der Waals surface area contributed by atoms with Gasteiger partial charge in [0.2, 0.25) is 0 Å². The highest BCUT2D eigenvalue weighted by Gasteiger charge is 2.30. The number of fused-ring (bicyclic) bond motifs is 2. The fraction of sp³-hybridized carbons (Fsp3) is 0.344. The van der Waals surface area contributed by atoms with E-state index in [2.05, 4.69) is 99.8 Å². The van der Waals surface area contributed by atoms with Crippen molar-refractivity contribution in [3.8, 4) is 16.9 Å². The Balaban J connectivity index is 1.68. The number of benzene rings is 4. The fourth-order valence-electron chi connectivity index (χ4n) is 5.88. The van der Waals surface area contributed by atoms with Gasteiger partial charge in [-0.1, -0.05) is 93.9 Å². The van der Waals surface area contributed by atoms with Crippen LogP contribution in [-0.2, 0) is 0 Å². The quantitative estimate of drug-likeness (QED) is 0.280. The second kappa shape index (κ2) is 9.62. The third-order valence-corrected chi connectivity index (χ3v) is 7.71. The molecule has 0 spiro atoms. The molecule has 2 nitrogen and oxygen atoms in total. The molecule has 0 amide bonds. The molecule has 0 aliphatic heterocycles. The molecule has 0 heterocycles. The molecule has 5 rings (SSSR count). The monoisotopic (exact) mass is 449 g/mol. The molecule has 0 unspecified atom stereocenters. The summed E-state index contributed by atoms with van der Waals surface area (Å²) in [6.45, 7) is 7.08. The minimum absolute atomic E-state index is 0.401. The van der Waals surface area contributed by atoms with Crippen molar-refractivity contribution in [1.29, 1.82) is 0 Å². The van der Waals surface area contributed by atoms with E-state index in [0.717, 1.165) is 17.2 Å². The molecule has 4 aromatic carbocycles. The van der Waals surface area contributed by atoms with E-state index in [9.17, 15) is 0 Å². The van der Waals surface area contributed by atoms with Gasteiger partial charge in [-0.3, -0.25) is 4.99 Å². The number of nitrogens with zero attached hydrogens (tertiary/aromatic N) is 1. The molecule has 2 heteroatoms. The van der Waals surface area contributed by atoms with Gasteiger partial charge < -0.3 is 4.74 Å². The first-order chi connectivity index (χ1) is 16.6. The van der Waals surface area contributed by atoms with E-state index >= 15 is 0 Å². The lowest BCUT2D eigenvalue weighted by atomic mass is 9.74. The van der Waals surface area contributed by atoms with E-state index in [4.69, 9.17) is 9.73 Å². The topological polar surface area (TPSA) is 21.6 Å². The molecule has 4 aromatic rings. The SMILES string of the molecule is COc1ccc2ccccc2c1-c1cccc2cccc(C=N[C@@H]3C[C@H](C)CC[C@H]3C(C)C)c12. The Morgan fingerprint density at radius 3 is 2.44 bits per heavy atom. The summed E-state index contributed by atoms with van der Waals surface area (Å²) in [5.74, 6) is 2.98. The minimum atomic E-state index is 0.401. The molecule has 1 saturated carbocycles. The molecule has 0 radical (unpaired) electrons. The van der Waals surface area contributed by atoms with Crippen LogP contribution in [0.2, 0.25) is 0 Å². The van der Waals surface area contributed by atoms with E-state index in [-0.39, 0.29) is 0 Å². The van der Waals surface area contributed by atoms with Crippen LogP contribution >= 0.6 is 0 Å². The molecule has 3 atom stereocenters. The van der Waals surface area contributed by atoms with Crippen LogP contribution in [0.4, 0.5) is 0 Å². The summed E-state index contributed by atoms with van der Waals surface area (Å²) in [6.07, 6.45) is 5.96. The standard InChI is InChI=1S/C32H35NO/c1-21(2)26-17-15-22(3)19-29(26)33-20-25-12-7-10-24-11-8-14-28(31(24)25)32-27-13-6-5-9-23(27)16-18-30(32)34-4/h5-14,16,18,20-22,26,29H,15,17,19H2,1-4H3/t22-,26+,29-/m1/s1. The summed E-state index contributed by atoms with van der Waals surface area (Å²) in [4.78, 5) is 5.24. The van der Waals surface area contributed by atoms with Crippen molar-refractivity contribution >= 4 is 27.8 Å². The maximum absolute atomic E-state index is 5.87. The minimum Gasteiger partial charge on any atom is -0.496 e. The van der Waals surface area contributed by atoms with Gasteiger partial charge >= 0.3 is 0 Å². The molecule has 1 fully saturated rings. The summed E-state index contributed by atoms with van der Waals surface area (Å²) >= 11 is 0. The Morgan fingerprint density at radius 1 is 0.882 bits per heavy atom. The van der Waals surface area contributed by atoms with Gasteiger partial charge in [-0.25, -0.2) is 0 Å². The van der Waals surface area contributed by atoms with Gasteiger partial charge in [0, 0.05) is 17.3 Å². The van der Waals surface area contributed by atoms with Crippen LogP contribution in [0.5, 0.6) is 5.75 Å². The molecular formula is C32H35NO. The third kappa shape index (κ3) is 4.22. The Morgan fingerprint density at radius 2 is 1.65 bits per heavy atom. The van der Waals surface area contributed by atoms with E-state index in [1.807, 2.05) is 0 Å². The maximum atomic E-state index is 5.87. The predicted molar refractivity (Wildman–Crippen MR) is 146 cm³/mol. The zero-order valence-corrected chi connectivity index (χ0v) is 20.8. The van der Waals surface area contributed by atoms with Crippen LogP contribution in [0.3, 0.4) is 0 Å². The third-order valence-electron chi connectivity index (χ3n) is 7.71. The van der Waals surface area contributed by atoms with Crippen molar-refractivity contribution in [2.24, 2.45) is 22.7 Å². The lowest BCUT2D eigenvalue weighted by Crippen LogP contribution is -2.30. The Kier molecular flexibility index (Phi) is 6.41. The summed E-state index contributed by atoms with van der Waals surface area (Å²) in [5, 5.41) is 4.90. The van der Waals surface area contributed by atoms with Gasteiger partial charge in [-0.15, -0.1) is 0 Å². The number of hydrogen-bond acceptors (Lipinski definition) is 2. The first-order valence-corrected chi connectivity index (χ1v) is 12.7. The number of methoxy groups -OCH3 is 1. The number of ether oxygens (including phenoxy) is 1. The Bertz CT molecular complexity index is 1330. The van der Waals surface area contributed by atoms with Gasteiger partial charge in [0.25, 0.3) is 0 Å². The molecule has 0 N–H and O–H groups in total. The molecule has 0 aromatic heterocycles. The van der Waals surface area contributed by atoms with Crippen LogP contribution in [0.25, 0.3) is 32.7 Å². The normalized spacial score (nSPS) is 21.0. The summed E-state index contributed by atoms with van der Waals surface area (Å²) in [6, 6.07) is 26.3. The van der Waals surface area contributed by atoms with Crippen molar-refractivity contribution < 1.29 is 4.74 Å². The molecule has 1 aliphatic carbocycles. The number of rotatable bonds is 5. The second-order valence-electron chi connectivity index (χ2n) is 10.3. The van der Waals surface area contributed by atoms with Crippen molar-refractivity contribution in [2.45, 2.75) is 46.1 Å². The van der Waals surface area contributed by atoms with Gasteiger partial charge in [0.1, 0.15) is 5.75 Å². The van der Waals surface area contributed by atoms with Crippen molar-refractivity contribution in [3.63, 3.8) is 0 Å². The molecule has 0 bridgehead atoms. The Hall–Kier alpha value is -3.13. The van der Waals surface area contributed by atoms with Crippen LogP contribution in [0.1, 0.15) is 45.6 Å². The first kappa shape index (κ1) is 22.7. The van der Waals surface area contributed by atoms with Gasteiger partial charge in [-0.05, 0) is 63.8 Å². The highest BCUT2D eigenvalue weighted by molar-refractivity contribution is 6.12. The van der Waals surface area contributed by atoms with E-state index in [1.165, 1.54) is 51.9 Å². The summed E-state index contributed by atoms with van der Waals surface area (Å²) in [7, 11) is 1.76. The smallest absolute Gasteiger partial charge is 0.127 e. The predicted octanol–water partition coefficient (Wildman–Crippen LogP) is 8.55. The highest BCUT2D eigenvalue weighted by Crippen LogP contribution is 2.41. The largest absolute Gasteiger partial charge is 0.496 e. The maximum Gasteiger partial charge on any atom is 0.127 e. The van der Waals surface area contributed by atoms with Crippen LogP contribution < -0.4 is 4.74 Å². The average Bonchev–Trinajstić information content (AvgIpc) is 2.86. The number of aliphatic imine (C=N–C) groups is 1. The van der Waals surface area contributed by atoms with Crippen molar-refractivity contribution in [3.05, 3.63) is 78.4 Å². The molecule has 34 heavy (non-hydrogen) atoms. The zero-order valence-electron chi connectivity index (χ0n) is 20.8. The van der Waals surface area contributed by atoms with Gasteiger partial charge in [0.05, 0.1) is 13.2 Å². The van der Waals surface area contributed by atoms with Gasteiger partial charge in [0.15, 0.2) is 0 Å². The molecular weight excluding hydrogens is 414 g/mol. The molecule has 174 valence electrons. The lowest BCUT2D eigenvalue weighted by molar-refractivity contribution is 0.201. The second-order valence-corrected chi connectivity index (χ2v) is 10.3. The van der Waals surface area contributed by atoms with E-state index < -0.39 is 0 Å². The first-order valence-electron chi connectivity index (χ1n) is 12.7. The van der Waals surface area contributed by atoms with Crippen LogP contribution in [0, 0.1) is 17.8 Å². The average molecular weight is 450 g/mol. The van der Waals surface area contributed by atoms with E-state index in [1.54, 1.807) is 7.11 Å². The Labute approximate surface area is 203 Å². The van der Waals surface area contributed by atoms with Gasteiger partial charge in [-0.2, -0.15) is 0 Å². The molecule has 1 aliphatic rings. The molecule has 0 saturated heterocycles. The highest BCUT2D eigenvalue weighted by atomic mass is 16.5. The van der Waals surface area contributed by atoms with Crippen molar-refractivity contribution in [2.75, 3.05) is 7.11 Å². The summed E-state index contributed by atoms with van der Waals surface area (Å²) < 4.78 is 5.87. The van der Waals surface area contributed by atoms with Crippen molar-refractivity contribution in [1.82, 2.24) is 0 Å². The fourth-order valence-corrected chi connectivity index (χ4v) is 5.88.